The summed E-state index contributed by atoms with van der Waals surface area (Å²) in [5.41, 5.74) is 1.68. The van der Waals surface area contributed by atoms with Crippen LogP contribution in [0, 0.1) is 0 Å². The molecule has 2 amide bonds. The Morgan fingerprint density at radius 2 is 1.93 bits per heavy atom. The predicted octanol–water partition coefficient (Wildman–Crippen LogP) is 3.61. The van der Waals surface area contributed by atoms with Crippen molar-refractivity contribution >= 4 is 33.4 Å². The van der Waals surface area contributed by atoms with Gasteiger partial charge in [0.25, 0.3) is 5.91 Å². The predicted molar refractivity (Wildman–Crippen MR) is 109 cm³/mol. The van der Waals surface area contributed by atoms with Crippen LogP contribution < -0.4 is 10.1 Å². The van der Waals surface area contributed by atoms with Crippen LogP contribution in [-0.2, 0) is 11.2 Å². The molecule has 1 N–H and O–H groups in total. The van der Waals surface area contributed by atoms with Crippen molar-refractivity contribution in [1.82, 2.24) is 15.2 Å². The summed E-state index contributed by atoms with van der Waals surface area (Å²) in [6.45, 7) is 1.65. The fourth-order valence-electron chi connectivity index (χ4n) is 3.25. The van der Waals surface area contributed by atoms with Crippen LogP contribution in [0.15, 0.2) is 42.6 Å². The molecule has 144 valence electrons. The van der Waals surface area contributed by atoms with Gasteiger partial charge in [0.2, 0.25) is 5.91 Å². The summed E-state index contributed by atoms with van der Waals surface area (Å²) in [7, 11) is 1.62. The molecule has 0 aliphatic carbocycles. The van der Waals surface area contributed by atoms with E-state index in [0.717, 1.165) is 41.7 Å². The van der Waals surface area contributed by atoms with Crippen LogP contribution in [0.5, 0.6) is 11.5 Å². The van der Waals surface area contributed by atoms with E-state index in [9.17, 15) is 9.59 Å². The Hall–Kier alpha value is -2.93. The highest BCUT2D eigenvalue weighted by Crippen LogP contribution is 2.35. The van der Waals surface area contributed by atoms with Crippen molar-refractivity contribution in [3.05, 3.63) is 53.0 Å². The summed E-state index contributed by atoms with van der Waals surface area (Å²) in [5.74, 6) is 1.40. The number of ether oxygens (including phenoxy) is 1. The van der Waals surface area contributed by atoms with E-state index < -0.39 is 0 Å². The first kappa shape index (κ1) is 18.4. The highest BCUT2D eigenvalue weighted by Gasteiger charge is 2.22. The van der Waals surface area contributed by atoms with Crippen molar-refractivity contribution in [2.45, 2.75) is 19.3 Å². The Morgan fingerprint density at radius 3 is 2.64 bits per heavy atom. The van der Waals surface area contributed by atoms with Gasteiger partial charge in [-0.25, -0.2) is 0 Å². The van der Waals surface area contributed by atoms with Crippen LogP contribution in [0.1, 0.15) is 28.1 Å². The molecule has 28 heavy (non-hydrogen) atoms. The van der Waals surface area contributed by atoms with E-state index in [1.54, 1.807) is 19.3 Å². The maximum atomic E-state index is 12.7. The zero-order chi connectivity index (χ0) is 19.5. The van der Waals surface area contributed by atoms with Gasteiger partial charge in [-0.3, -0.25) is 14.6 Å². The normalized spacial score (nSPS) is 13.7. The third-order valence-electron chi connectivity index (χ3n) is 4.77. The lowest BCUT2D eigenvalue weighted by molar-refractivity contribution is -0.119. The lowest BCUT2D eigenvalue weighted by atomic mass is 10.1. The van der Waals surface area contributed by atoms with Gasteiger partial charge in [-0.2, -0.15) is 0 Å². The van der Waals surface area contributed by atoms with E-state index in [2.05, 4.69) is 10.3 Å². The maximum Gasteiger partial charge on any atom is 0.264 e. The average molecular weight is 395 g/mol. The number of benzene rings is 1. The Labute approximate surface area is 167 Å². The maximum absolute atomic E-state index is 12.7. The molecule has 6 nitrogen and oxygen atoms in total. The number of likely N-dealkylation sites (tertiary alicyclic amines) is 1. The quantitative estimate of drug-likeness (QED) is 0.716. The largest absolute Gasteiger partial charge is 0.456 e. The Kier molecular flexibility index (Phi) is 5.25. The minimum absolute atomic E-state index is 0.0294. The van der Waals surface area contributed by atoms with Crippen LogP contribution in [0.4, 0.5) is 0 Å². The number of hydrogen-bond donors (Lipinski definition) is 1. The number of amides is 2. The standard InChI is InChI=1S/C21H21N3O3S/c1-22-19(25)12-14-4-6-15(7-5-14)27-17-8-9-23-16-13-18(28-20(16)17)21(26)24-10-2-3-11-24/h4-9,13H,2-3,10-12H2,1H3,(H,22,25). The molecular formula is C21H21N3O3S. The van der Waals surface area contributed by atoms with Gasteiger partial charge in [0.15, 0.2) is 0 Å². The van der Waals surface area contributed by atoms with Crippen LogP contribution in [0.3, 0.4) is 0 Å². The number of pyridine rings is 1. The number of nitrogens with zero attached hydrogens (tertiary/aromatic N) is 2. The molecule has 1 aromatic carbocycles. The summed E-state index contributed by atoms with van der Waals surface area (Å²) in [6.07, 6.45) is 4.16. The van der Waals surface area contributed by atoms with Crippen LogP contribution in [-0.4, -0.2) is 41.8 Å². The molecule has 0 spiro atoms. The zero-order valence-electron chi connectivity index (χ0n) is 15.6. The third kappa shape index (κ3) is 3.84. The summed E-state index contributed by atoms with van der Waals surface area (Å²) in [5, 5.41) is 2.61. The first-order valence-electron chi connectivity index (χ1n) is 9.29. The number of rotatable bonds is 5. The lowest BCUT2D eigenvalue weighted by Gasteiger charge is -2.13. The monoisotopic (exact) mass is 395 g/mol. The summed E-state index contributed by atoms with van der Waals surface area (Å²) >= 11 is 1.42. The van der Waals surface area contributed by atoms with Crippen molar-refractivity contribution in [1.29, 1.82) is 0 Å². The van der Waals surface area contributed by atoms with E-state index in [1.165, 1.54) is 11.3 Å². The van der Waals surface area contributed by atoms with Gasteiger partial charge in [-0.05, 0) is 36.6 Å². The van der Waals surface area contributed by atoms with E-state index in [1.807, 2.05) is 35.2 Å². The Balaban J connectivity index is 1.55. The van der Waals surface area contributed by atoms with Gasteiger partial charge in [-0.1, -0.05) is 12.1 Å². The number of nitrogens with one attached hydrogen (secondary N) is 1. The van der Waals surface area contributed by atoms with Gasteiger partial charge in [0.1, 0.15) is 11.5 Å². The number of carbonyl (C=O) groups is 2. The number of hydrogen-bond acceptors (Lipinski definition) is 5. The van der Waals surface area contributed by atoms with Gasteiger partial charge >= 0.3 is 0 Å². The van der Waals surface area contributed by atoms with Crippen molar-refractivity contribution < 1.29 is 14.3 Å². The second-order valence-electron chi connectivity index (χ2n) is 6.73. The summed E-state index contributed by atoms with van der Waals surface area (Å²) < 4.78 is 6.90. The Bertz CT molecular complexity index is 1010. The molecular weight excluding hydrogens is 374 g/mol. The Morgan fingerprint density at radius 1 is 1.18 bits per heavy atom. The fraction of sp³-hybridized carbons (Fsp3) is 0.286. The molecule has 0 unspecified atom stereocenters. The van der Waals surface area contributed by atoms with Gasteiger partial charge in [0, 0.05) is 32.4 Å². The molecule has 3 heterocycles. The fourth-order valence-corrected chi connectivity index (χ4v) is 4.29. The first-order chi connectivity index (χ1) is 13.6. The highest BCUT2D eigenvalue weighted by molar-refractivity contribution is 7.21. The molecule has 1 fully saturated rings. The molecule has 1 aliphatic heterocycles. The topological polar surface area (TPSA) is 71.5 Å². The number of fused-ring (bicyclic) bond motifs is 1. The number of carbonyl (C=O) groups excluding carboxylic acids is 2. The number of likely N-dealkylation sites (N-methyl/N-ethyl adjacent to an activating group) is 1. The van der Waals surface area contributed by atoms with Crippen molar-refractivity contribution in [3.8, 4) is 11.5 Å². The third-order valence-corrected chi connectivity index (χ3v) is 5.90. The summed E-state index contributed by atoms with van der Waals surface area (Å²) in [4.78, 5) is 31.1. The second-order valence-corrected chi connectivity index (χ2v) is 7.78. The molecule has 0 radical (unpaired) electrons. The SMILES string of the molecule is CNC(=O)Cc1ccc(Oc2ccnc3cc(C(=O)N4CCCC4)sc23)cc1. The zero-order valence-corrected chi connectivity index (χ0v) is 16.4. The van der Waals surface area contributed by atoms with Gasteiger partial charge in [-0.15, -0.1) is 11.3 Å². The lowest BCUT2D eigenvalue weighted by Crippen LogP contribution is -2.26. The summed E-state index contributed by atoms with van der Waals surface area (Å²) in [6, 6.07) is 11.1. The average Bonchev–Trinajstić information content (AvgIpc) is 3.39. The van der Waals surface area contributed by atoms with Crippen molar-refractivity contribution in [2.24, 2.45) is 0 Å². The number of thiophene rings is 1. The smallest absolute Gasteiger partial charge is 0.264 e. The second kappa shape index (κ2) is 7.98. The molecule has 0 saturated carbocycles. The molecule has 3 aromatic rings. The van der Waals surface area contributed by atoms with Crippen molar-refractivity contribution in [2.75, 3.05) is 20.1 Å². The van der Waals surface area contributed by atoms with Crippen LogP contribution in [0.25, 0.3) is 10.2 Å². The molecule has 4 rings (SSSR count). The van der Waals surface area contributed by atoms with E-state index >= 15 is 0 Å². The minimum atomic E-state index is -0.0294. The number of aromatic nitrogens is 1. The molecule has 1 aliphatic rings. The van der Waals surface area contributed by atoms with Crippen molar-refractivity contribution in [3.63, 3.8) is 0 Å². The molecule has 2 aromatic heterocycles. The van der Waals surface area contributed by atoms with Crippen LogP contribution in [0.2, 0.25) is 0 Å². The first-order valence-corrected chi connectivity index (χ1v) is 10.1. The van der Waals surface area contributed by atoms with E-state index in [4.69, 9.17) is 4.74 Å². The molecule has 0 bridgehead atoms. The molecule has 1 saturated heterocycles. The van der Waals surface area contributed by atoms with E-state index in [-0.39, 0.29) is 11.8 Å². The highest BCUT2D eigenvalue weighted by atomic mass is 32.1. The van der Waals surface area contributed by atoms with Crippen LogP contribution >= 0.6 is 11.3 Å². The molecule has 7 heteroatoms. The van der Waals surface area contributed by atoms with E-state index in [0.29, 0.717) is 22.8 Å². The van der Waals surface area contributed by atoms with Gasteiger partial charge < -0.3 is 15.0 Å². The molecule has 0 atom stereocenters. The van der Waals surface area contributed by atoms with Gasteiger partial charge in [0.05, 0.1) is 21.5 Å². The minimum Gasteiger partial charge on any atom is -0.456 e.